The molecule has 2 saturated heterocycles. The van der Waals surface area contributed by atoms with E-state index in [1.807, 2.05) is 20.8 Å². The molecule has 1 aromatic carbocycles. The Bertz CT molecular complexity index is 1330. The van der Waals surface area contributed by atoms with Gasteiger partial charge in [0, 0.05) is 43.9 Å². The van der Waals surface area contributed by atoms with Crippen molar-refractivity contribution < 1.29 is 27.1 Å². The van der Waals surface area contributed by atoms with E-state index in [0.29, 0.717) is 44.5 Å². The van der Waals surface area contributed by atoms with Gasteiger partial charge in [-0.25, -0.2) is 9.50 Å². The highest BCUT2D eigenvalue weighted by Crippen LogP contribution is 2.48. The third-order valence-corrected chi connectivity index (χ3v) is 8.36. The van der Waals surface area contributed by atoms with Crippen molar-refractivity contribution in [1.29, 1.82) is 0 Å². The molecule has 38 heavy (non-hydrogen) atoms. The van der Waals surface area contributed by atoms with Crippen LogP contribution in [0.5, 0.6) is 0 Å². The molecule has 10 heteroatoms. The minimum atomic E-state index is -4.61. The quantitative estimate of drug-likeness (QED) is 0.378. The van der Waals surface area contributed by atoms with Gasteiger partial charge in [-0.05, 0) is 42.4 Å². The number of likely N-dealkylation sites (tertiary alicyclic amines) is 1. The summed E-state index contributed by atoms with van der Waals surface area (Å²) in [6.07, 6.45) is -0.422. The van der Waals surface area contributed by atoms with Gasteiger partial charge in [0.2, 0.25) is 11.9 Å². The number of alkyl halides is 3. The third-order valence-electron chi connectivity index (χ3n) is 8.36. The molecule has 6 nitrogen and oxygen atoms in total. The lowest BCUT2D eigenvalue weighted by Crippen LogP contribution is -2.44. The van der Waals surface area contributed by atoms with Crippen LogP contribution in [-0.2, 0) is 21.4 Å². The summed E-state index contributed by atoms with van der Waals surface area (Å²) >= 11 is 0. The Balaban J connectivity index is 1.44. The van der Waals surface area contributed by atoms with Crippen LogP contribution in [0.1, 0.15) is 74.9 Å². The highest BCUT2D eigenvalue weighted by molar-refractivity contribution is 5.85. The predicted molar refractivity (Wildman–Crippen MR) is 133 cm³/mol. The molecular weight excluding hydrogens is 500 g/mol. The van der Waals surface area contributed by atoms with E-state index in [1.165, 1.54) is 22.7 Å². The molecule has 2 aliphatic rings. The standard InChI is InChI=1S/C28H32F4N4O2/c1-4-26(2,3)23-20(17-33-22-16-21(29)34-36(22)23)15-18-5-7-19(8-6-18)24(28(30,31)32)35-12-9-27(25(35)37)10-13-38-14-11-27/h5-8,16-17,24H,4,9-15H2,1-3H3. The third kappa shape index (κ3) is 4.67. The van der Waals surface area contributed by atoms with Gasteiger partial charge in [0.15, 0.2) is 11.7 Å². The predicted octanol–water partition coefficient (Wildman–Crippen LogP) is 5.78. The maximum Gasteiger partial charge on any atom is 0.413 e. The molecule has 0 radical (unpaired) electrons. The molecule has 1 unspecified atom stereocenters. The molecule has 2 aromatic heterocycles. The van der Waals surface area contributed by atoms with Crippen LogP contribution in [0.3, 0.4) is 0 Å². The molecule has 0 N–H and O–H groups in total. The van der Waals surface area contributed by atoms with Crippen molar-refractivity contribution in [3.63, 3.8) is 0 Å². The van der Waals surface area contributed by atoms with Gasteiger partial charge in [-0.2, -0.15) is 17.6 Å². The first-order valence-corrected chi connectivity index (χ1v) is 13.0. The summed E-state index contributed by atoms with van der Waals surface area (Å²) in [4.78, 5) is 18.6. The molecular formula is C28H32F4N4O2. The lowest BCUT2D eigenvalue weighted by Gasteiger charge is -2.35. The molecule has 4 heterocycles. The van der Waals surface area contributed by atoms with Crippen LogP contribution >= 0.6 is 0 Å². The molecule has 0 saturated carbocycles. The SMILES string of the molecule is CCC(C)(C)c1c(Cc2ccc(C(N3CCC4(CCOCC4)C3=O)C(F)(F)F)cc2)cnc2cc(F)nn12. The number of benzene rings is 1. The number of amides is 1. The second-order valence-corrected chi connectivity index (χ2v) is 11.1. The minimum absolute atomic E-state index is 0.0375. The number of halogens is 4. The topological polar surface area (TPSA) is 59.7 Å². The Hall–Kier alpha value is -3.01. The average Bonchev–Trinajstić information content (AvgIpc) is 3.39. The fourth-order valence-electron chi connectivity index (χ4n) is 5.86. The molecule has 0 bridgehead atoms. The summed E-state index contributed by atoms with van der Waals surface area (Å²) in [7, 11) is 0. The fourth-order valence-corrected chi connectivity index (χ4v) is 5.86. The Kier molecular flexibility index (Phi) is 6.74. The molecule has 1 atom stereocenters. The average molecular weight is 533 g/mol. The van der Waals surface area contributed by atoms with E-state index in [2.05, 4.69) is 10.1 Å². The maximum atomic E-state index is 14.3. The summed E-state index contributed by atoms with van der Waals surface area (Å²) in [5, 5.41) is 4.00. The molecule has 1 spiro atoms. The monoisotopic (exact) mass is 532 g/mol. The number of nitrogens with zero attached hydrogens (tertiary/aromatic N) is 4. The lowest BCUT2D eigenvalue weighted by molar-refractivity contribution is -0.191. The summed E-state index contributed by atoms with van der Waals surface area (Å²) < 4.78 is 63.8. The fraction of sp³-hybridized carbons (Fsp3) is 0.536. The smallest absolute Gasteiger partial charge is 0.381 e. The van der Waals surface area contributed by atoms with E-state index in [1.54, 1.807) is 18.3 Å². The number of carbonyl (C=O) groups excluding carboxylic acids is 1. The van der Waals surface area contributed by atoms with Crippen molar-refractivity contribution in [3.8, 4) is 0 Å². The molecule has 204 valence electrons. The van der Waals surface area contributed by atoms with E-state index in [0.717, 1.165) is 28.1 Å². The minimum Gasteiger partial charge on any atom is -0.381 e. The van der Waals surface area contributed by atoms with Gasteiger partial charge < -0.3 is 9.64 Å². The normalized spacial score (nSPS) is 19.0. The van der Waals surface area contributed by atoms with Crippen LogP contribution in [0, 0.1) is 11.4 Å². The van der Waals surface area contributed by atoms with E-state index in [9.17, 15) is 22.4 Å². The zero-order valence-electron chi connectivity index (χ0n) is 21.8. The van der Waals surface area contributed by atoms with Crippen molar-refractivity contribution in [1.82, 2.24) is 19.5 Å². The summed E-state index contributed by atoms with van der Waals surface area (Å²) in [6.45, 7) is 6.99. The van der Waals surface area contributed by atoms with Gasteiger partial charge >= 0.3 is 6.18 Å². The van der Waals surface area contributed by atoms with Gasteiger partial charge in [0.25, 0.3) is 0 Å². The van der Waals surface area contributed by atoms with E-state index >= 15 is 0 Å². The van der Waals surface area contributed by atoms with Crippen molar-refractivity contribution >= 4 is 11.6 Å². The first kappa shape index (κ1) is 26.6. The van der Waals surface area contributed by atoms with Gasteiger partial charge in [0.05, 0.1) is 11.1 Å². The number of rotatable bonds is 6. The van der Waals surface area contributed by atoms with Crippen molar-refractivity contribution in [3.05, 3.63) is 64.9 Å². The van der Waals surface area contributed by atoms with Crippen LogP contribution in [0.4, 0.5) is 17.6 Å². The van der Waals surface area contributed by atoms with Gasteiger partial charge in [0.1, 0.15) is 0 Å². The first-order valence-electron chi connectivity index (χ1n) is 13.0. The van der Waals surface area contributed by atoms with E-state index < -0.39 is 29.5 Å². The molecule has 0 aliphatic carbocycles. The molecule has 2 aliphatic heterocycles. The summed E-state index contributed by atoms with van der Waals surface area (Å²) in [6, 6.07) is 5.52. The Morgan fingerprint density at radius 1 is 1.11 bits per heavy atom. The molecule has 3 aromatic rings. The van der Waals surface area contributed by atoms with Crippen LogP contribution in [0.15, 0.2) is 36.5 Å². The van der Waals surface area contributed by atoms with Crippen LogP contribution < -0.4 is 0 Å². The van der Waals surface area contributed by atoms with Gasteiger partial charge in [-0.1, -0.05) is 45.0 Å². The number of ether oxygens (including phenoxy) is 1. The second-order valence-electron chi connectivity index (χ2n) is 11.1. The first-order chi connectivity index (χ1) is 17.9. The number of hydrogen-bond acceptors (Lipinski definition) is 4. The van der Waals surface area contributed by atoms with Crippen LogP contribution in [0.2, 0.25) is 0 Å². The zero-order valence-corrected chi connectivity index (χ0v) is 21.8. The Morgan fingerprint density at radius 2 is 1.79 bits per heavy atom. The highest BCUT2D eigenvalue weighted by Gasteiger charge is 2.55. The van der Waals surface area contributed by atoms with Crippen LogP contribution in [0.25, 0.3) is 5.65 Å². The molecule has 5 rings (SSSR count). The van der Waals surface area contributed by atoms with E-state index in [4.69, 9.17) is 4.74 Å². The Labute approximate surface area is 219 Å². The molecule has 2 fully saturated rings. The van der Waals surface area contributed by atoms with Gasteiger partial charge in [-0.15, -0.1) is 5.10 Å². The molecule has 1 amide bonds. The highest BCUT2D eigenvalue weighted by atomic mass is 19.4. The van der Waals surface area contributed by atoms with Crippen LogP contribution in [-0.4, -0.2) is 51.3 Å². The number of aromatic nitrogens is 3. The number of hydrogen-bond donors (Lipinski definition) is 0. The zero-order chi connectivity index (χ0) is 27.3. The number of carbonyl (C=O) groups is 1. The summed E-state index contributed by atoms with van der Waals surface area (Å²) in [5.41, 5.74) is 1.78. The summed E-state index contributed by atoms with van der Waals surface area (Å²) in [5.74, 6) is -1.05. The number of fused-ring (bicyclic) bond motifs is 1. The largest absolute Gasteiger partial charge is 0.413 e. The van der Waals surface area contributed by atoms with Crippen molar-refractivity contribution in [2.45, 2.75) is 70.5 Å². The maximum absolute atomic E-state index is 14.3. The Morgan fingerprint density at radius 3 is 2.42 bits per heavy atom. The van der Waals surface area contributed by atoms with Gasteiger partial charge in [-0.3, -0.25) is 4.79 Å². The van der Waals surface area contributed by atoms with Crippen molar-refractivity contribution in [2.24, 2.45) is 5.41 Å². The lowest BCUT2D eigenvalue weighted by atomic mass is 9.79. The van der Waals surface area contributed by atoms with E-state index in [-0.39, 0.29) is 17.5 Å². The van der Waals surface area contributed by atoms with Crippen molar-refractivity contribution in [2.75, 3.05) is 19.8 Å². The second kappa shape index (κ2) is 9.63.